The van der Waals surface area contributed by atoms with E-state index in [-0.39, 0.29) is 21.1 Å². The van der Waals surface area contributed by atoms with Gasteiger partial charge in [0.2, 0.25) is 0 Å². The molecule has 1 aliphatic heterocycles. The molecule has 6 aromatic carbocycles. The largest absolute Gasteiger partial charge is 0.319 e. The van der Waals surface area contributed by atoms with E-state index >= 15 is 0 Å². The molecule has 8 aromatic rings. The van der Waals surface area contributed by atoms with E-state index in [1.807, 2.05) is 42.6 Å². The summed E-state index contributed by atoms with van der Waals surface area (Å²) in [5.74, 6) is 0.810. The smallest absolute Gasteiger partial charge is 0.145 e. The summed E-state index contributed by atoms with van der Waals surface area (Å²) in [6.07, 6.45) is 1.89. The van der Waals surface area contributed by atoms with Gasteiger partial charge in [0.1, 0.15) is 17.2 Å². The van der Waals surface area contributed by atoms with Gasteiger partial charge in [0.25, 0.3) is 0 Å². The molecule has 0 bridgehead atoms. The predicted octanol–water partition coefficient (Wildman–Crippen LogP) is 10.9. The number of benzene rings is 6. The summed E-state index contributed by atoms with van der Waals surface area (Å²) < 4.78 is 26.4. The second-order valence-electron chi connectivity index (χ2n) is 13.1. The first-order valence-electron chi connectivity index (χ1n) is 18.2. The maximum Gasteiger partial charge on any atom is 0.145 e. The zero-order valence-electron chi connectivity index (χ0n) is 31.0. The van der Waals surface area contributed by atoms with Crippen molar-refractivity contribution in [3.8, 4) is 28.1 Å². The molecule has 0 atom stereocenters. The van der Waals surface area contributed by atoms with Gasteiger partial charge in [0.05, 0.1) is 11.1 Å². The number of pyridine rings is 1. The minimum Gasteiger partial charge on any atom is -0.319 e. The van der Waals surface area contributed by atoms with Gasteiger partial charge < -0.3 is 4.57 Å². The molecule has 0 spiro atoms. The molecular formula is C45H35N4OPt-. The van der Waals surface area contributed by atoms with Crippen LogP contribution in [0, 0.1) is 12.1 Å². The monoisotopic (exact) mass is 845 g/mol. The maximum atomic E-state index is 8.07. The van der Waals surface area contributed by atoms with Crippen molar-refractivity contribution in [3.05, 3.63) is 175 Å². The van der Waals surface area contributed by atoms with Crippen LogP contribution in [-0.2, 0) is 26.5 Å². The maximum absolute atomic E-state index is 8.07. The Morgan fingerprint density at radius 2 is 1.35 bits per heavy atom. The number of anilines is 3. The Labute approximate surface area is 316 Å². The first-order chi connectivity index (χ1) is 25.7. The zero-order chi connectivity index (χ0) is 36.3. The number of rotatable bonds is 6. The first kappa shape index (κ1) is 29.3. The van der Waals surface area contributed by atoms with Crippen LogP contribution in [0.3, 0.4) is 0 Å². The predicted molar refractivity (Wildman–Crippen MR) is 204 cm³/mol. The van der Waals surface area contributed by atoms with Gasteiger partial charge in [-0.3, -0.25) is 0 Å². The number of hydrogen-bond acceptors (Lipinski definition) is 3. The standard InChI is InChI=1S/C45H34N4O.Pt/c1-45(2,33-16-13-17-35(29-33)49-42-23-12-11-22-41(42)47(3)50-49)34-24-25-39-38-20-9-10-21-40(38)48(43(39)30-34)44-28-32(26-27-46-44)37-19-8-7-18-36(37)31-14-5-4-6-15-31;/h4-28H,1-3H3;/q-2;/p+1/i3D3;. The molecule has 1 N–H and O–H groups in total. The van der Waals surface area contributed by atoms with E-state index in [1.165, 1.54) is 0 Å². The Bertz CT molecular complexity index is 2660. The van der Waals surface area contributed by atoms with Crippen molar-refractivity contribution in [1.82, 2.24) is 9.55 Å². The van der Waals surface area contributed by atoms with E-state index in [1.54, 1.807) is 11.1 Å². The van der Waals surface area contributed by atoms with Crippen molar-refractivity contribution < 1.29 is 30.1 Å². The molecule has 0 saturated heterocycles. The topological polar surface area (TPSA) is 37.1 Å². The fraction of sp³-hybridized carbons (Fsp3) is 0.0889. The van der Waals surface area contributed by atoms with E-state index in [0.29, 0.717) is 17.1 Å². The molecule has 1 aliphatic rings. The summed E-state index contributed by atoms with van der Waals surface area (Å²) in [5, 5.41) is 4.96. The van der Waals surface area contributed by atoms with Crippen molar-refractivity contribution in [2.45, 2.75) is 19.3 Å². The Balaban J connectivity index is 0.00000413. The fourth-order valence-electron chi connectivity index (χ4n) is 7.08. The van der Waals surface area contributed by atoms with E-state index < -0.39 is 12.4 Å². The van der Waals surface area contributed by atoms with E-state index in [9.17, 15) is 0 Å². The third-order valence-electron chi connectivity index (χ3n) is 9.75. The fourth-order valence-corrected chi connectivity index (χ4v) is 7.08. The van der Waals surface area contributed by atoms with Crippen LogP contribution >= 0.6 is 0 Å². The third kappa shape index (κ3) is 5.54. The Morgan fingerprint density at radius 1 is 0.647 bits per heavy atom. The van der Waals surface area contributed by atoms with Gasteiger partial charge in [-0.05, 0) is 63.4 Å². The van der Waals surface area contributed by atoms with Gasteiger partial charge in [0.15, 0.2) is 0 Å². The van der Waals surface area contributed by atoms with Crippen molar-refractivity contribution in [1.29, 1.82) is 0 Å². The van der Waals surface area contributed by atoms with Crippen molar-refractivity contribution in [2.24, 2.45) is 0 Å². The number of para-hydroxylation sites is 3. The van der Waals surface area contributed by atoms with Gasteiger partial charge in [-0.2, -0.15) is 46.4 Å². The van der Waals surface area contributed by atoms with Crippen LogP contribution in [0.5, 0.6) is 0 Å². The second kappa shape index (κ2) is 13.0. The average Bonchev–Trinajstić information content (AvgIpc) is 3.75. The molecule has 0 radical (unpaired) electrons. The average molecular weight is 846 g/mol. The molecule has 2 aromatic heterocycles. The molecule has 0 amide bonds. The van der Waals surface area contributed by atoms with Gasteiger partial charge >= 0.3 is 0 Å². The van der Waals surface area contributed by atoms with Crippen LogP contribution < -0.4 is 10.1 Å². The molecule has 0 aliphatic carbocycles. The number of hydrogen-bond donors (Lipinski definition) is 0. The third-order valence-corrected chi connectivity index (χ3v) is 9.75. The molecular weight excluding hydrogens is 808 g/mol. The first-order valence-corrected chi connectivity index (χ1v) is 16.7. The summed E-state index contributed by atoms with van der Waals surface area (Å²) >= 11 is 0. The molecule has 0 fully saturated rings. The second-order valence-corrected chi connectivity index (χ2v) is 13.1. The minimum atomic E-state index is -2.43. The van der Waals surface area contributed by atoms with Crippen LogP contribution in [0.25, 0.3) is 49.9 Å². The molecule has 3 heterocycles. The van der Waals surface area contributed by atoms with E-state index in [0.717, 1.165) is 66.1 Å². The summed E-state index contributed by atoms with van der Waals surface area (Å²) in [4.78, 5) is 9.44. The summed E-state index contributed by atoms with van der Waals surface area (Å²) in [5.41, 5.74) is 9.78. The number of aromatic nitrogens is 2. The molecule has 9 rings (SSSR count). The summed E-state index contributed by atoms with van der Waals surface area (Å²) in [6, 6.07) is 56.6. The van der Waals surface area contributed by atoms with E-state index in [2.05, 4.69) is 139 Å². The van der Waals surface area contributed by atoms with E-state index in [4.69, 9.17) is 9.10 Å². The summed E-state index contributed by atoms with van der Waals surface area (Å²) in [7, 11) is 0. The van der Waals surface area contributed by atoms with Gasteiger partial charge in [-0.15, -0.1) is 27.6 Å². The molecule has 252 valence electrons. The quantitative estimate of drug-likeness (QED) is 0.124. The molecule has 0 saturated carbocycles. The van der Waals surface area contributed by atoms with Crippen LogP contribution in [0.1, 0.15) is 29.1 Å². The summed E-state index contributed by atoms with van der Waals surface area (Å²) in [6.45, 7) is 1.90. The van der Waals surface area contributed by atoms with Gasteiger partial charge in [-0.25, -0.2) is 4.98 Å². The van der Waals surface area contributed by atoms with Crippen molar-refractivity contribution in [2.75, 3.05) is 17.1 Å². The van der Waals surface area contributed by atoms with Crippen LogP contribution in [0.2, 0.25) is 0 Å². The number of hydroxylamine groups is 1. The van der Waals surface area contributed by atoms with Crippen LogP contribution in [0.4, 0.5) is 17.1 Å². The van der Waals surface area contributed by atoms with Gasteiger partial charge in [0, 0.05) is 38.5 Å². The van der Waals surface area contributed by atoms with Gasteiger partial charge in [-0.1, -0.05) is 104 Å². The Morgan fingerprint density at radius 3 is 2.18 bits per heavy atom. The van der Waals surface area contributed by atoms with Crippen LogP contribution in [-0.4, -0.2) is 21.5 Å². The van der Waals surface area contributed by atoms with Crippen LogP contribution in [0.15, 0.2) is 152 Å². The molecule has 51 heavy (non-hydrogen) atoms. The normalized spacial score (nSPS) is 13.8. The minimum absolute atomic E-state index is 0. The Hall–Kier alpha value is -5.48. The van der Waals surface area contributed by atoms with Crippen molar-refractivity contribution >= 4 is 38.9 Å². The number of nitrogens with zero attached hydrogens (tertiary/aromatic N) is 4. The molecule has 5 nitrogen and oxygen atoms in total. The Kier molecular flexibility index (Phi) is 7.46. The number of fused-ring (bicyclic) bond motifs is 4. The molecule has 0 unspecified atom stereocenters. The SMILES string of the molecule is [2H]C([2H])([2H])N1[OH+]N(c2[c-]c(C(C)(C)c3[c-]c4c(cc3)c3ccccc3n4-c3cc(-c4ccccc4-c4ccccc4)ccn3)ccc2)c2ccccc21.[Pt]. The van der Waals surface area contributed by atoms with Crippen molar-refractivity contribution in [3.63, 3.8) is 0 Å². The zero-order valence-corrected chi connectivity index (χ0v) is 30.3. The molecule has 6 heteroatoms.